The molecule has 0 amide bonds. The summed E-state index contributed by atoms with van der Waals surface area (Å²) in [7, 11) is -2.31. The van der Waals surface area contributed by atoms with Gasteiger partial charge in [-0.25, -0.2) is 17.5 Å². The van der Waals surface area contributed by atoms with Crippen LogP contribution >= 0.6 is 0 Å². The summed E-state index contributed by atoms with van der Waals surface area (Å²) in [5.74, 6) is 4.01. The fourth-order valence-corrected chi connectivity index (χ4v) is 2.73. The van der Waals surface area contributed by atoms with Crippen LogP contribution in [-0.4, -0.2) is 40.4 Å². The van der Waals surface area contributed by atoms with Crippen LogP contribution in [0.4, 0.5) is 4.39 Å². The first-order valence-electron chi connectivity index (χ1n) is 6.39. The minimum atomic E-state index is -3.88. The number of hydrogen-bond acceptors (Lipinski definition) is 4. The Kier molecular flexibility index (Phi) is 7.32. The van der Waals surface area contributed by atoms with Gasteiger partial charge in [0.25, 0.3) is 0 Å². The van der Waals surface area contributed by atoms with Crippen molar-refractivity contribution >= 4 is 10.0 Å². The summed E-state index contributed by atoms with van der Waals surface area (Å²) in [6, 6.07) is 3.58. The second-order valence-corrected chi connectivity index (χ2v) is 5.94. The molecular formula is C14H18FNO4S. The molecule has 7 heteroatoms. The molecule has 0 aliphatic heterocycles. The standard InChI is InChI=1S/C14H18FNO4S/c1-20-10-3-2-8-16-21(18,19)14-7-6-12(5-4-9-17)11-13(14)15/h6-7,11,16-17H,2-3,8-10H2,1H3. The maximum atomic E-state index is 13.8. The van der Waals surface area contributed by atoms with Crippen LogP contribution in [0.15, 0.2) is 23.1 Å². The third-order valence-corrected chi connectivity index (χ3v) is 4.09. The topological polar surface area (TPSA) is 75.6 Å². The van der Waals surface area contributed by atoms with E-state index in [-0.39, 0.29) is 13.2 Å². The lowest BCUT2D eigenvalue weighted by Crippen LogP contribution is -2.25. The van der Waals surface area contributed by atoms with Crippen LogP contribution in [0.5, 0.6) is 0 Å². The van der Waals surface area contributed by atoms with Gasteiger partial charge in [-0.05, 0) is 31.0 Å². The summed E-state index contributed by atoms with van der Waals surface area (Å²) in [5, 5.41) is 8.56. The van der Waals surface area contributed by atoms with Gasteiger partial charge < -0.3 is 9.84 Å². The molecule has 1 aromatic carbocycles. The normalized spacial score (nSPS) is 11.0. The molecule has 1 aromatic rings. The third kappa shape index (κ3) is 5.81. The van der Waals surface area contributed by atoms with Crippen LogP contribution < -0.4 is 4.72 Å². The molecule has 0 aliphatic carbocycles. The van der Waals surface area contributed by atoms with Crippen molar-refractivity contribution in [3.05, 3.63) is 29.6 Å². The predicted octanol–water partition coefficient (Wildman–Crippen LogP) is 0.874. The van der Waals surface area contributed by atoms with E-state index in [4.69, 9.17) is 9.84 Å². The van der Waals surface area contributed by atoms with Crippen LogP contribution in [0.3, 0.4) is 0 Å². The summed E-state index contributed by atoms with van der Waals surface area (Å²) in [6.45, 7) is 0.427. The van der Waals surface area contributed by atoms with E-state index in [1.165, 1.54) is 6.07 Å². The van der Waals surface area contributed by atoms with Gasteiger partial charge in [0.2, 0.25) is 10.0 Å². The number of ether oxygens (including phenoxy) is 1. The zero-order valence-electron chi connectivity index (χ0n) is 11.7. The summed E-state index contributed by atoms with van der Waals surface area (Å²) < 4.78 is 44.9. The number of nitrogens with one attached hydrogen (secondary N) is 1. The van der Waals surface area contributed by atoms with E-state index in [0.29, 0.717) is 18.6 Å². The number of rotatable bonds is 7. The molecular weight excluding hydrogens is 297 g/mol. The van der Waals surface area contributed by atoms with E-state index in [9.17, 15) is 12.8 Å². The van der Waals surface area contributed by atoms with E-state index >= 15 is 0 Å². The molecule has 0 aromatic heterocycles. The summed E-state index contributed by atoms with van der Waals surface area (Å²) in [5.41, 5.74) is 0.306. The van der Waals surface area contributed by atoms with Crippen LogP contribution in [0.25, 0.3) is 0 Å². The smallest absolute Gasteiger partial charge is 0.243 e. The summed E-state index contributed by atoms with van der Waals surface area (Å²) in [4.78, 5) is -0.413. The van der Waals surface area contributed by atoms with Crippen LogP contribution in [0.1, 0.15) is 18.4 Å². The molecule has 5 nitrogen and oxygen atoms in total. The number of sulfonamides is 1. The fourth-order valence-electron chi connectivity index (χ4n) is 1.59. The highest BCUT2D eigenvalue weighted by atomic mass is 32.2. The fraction of sp³-hybridized carbons (Fsp3) is 0.429. The van der Waals surface area contributed by atoms with Crippen molar-refractivity contribution in [2.75, 3.05) is 26.9 Å². The molecule has 2 N–H and O–H groups in total. The second kappa shape index (κ2) is 8.74. The van der Waals surface area contributed by atoms with Gasteiger partial charge in [0, 0.05) is 25.8 Å². The van der Waals surface area contributed by atoms with Crippen LogP contribution in [-0.2, 0) is 14.8 Å². The Bertz CT molecular complexity index is 620. The second-order valence-electron chi connectivity index (χ2n) is 4.20. The first kappa shape index (κ1) is 17.6. The van der Waals surface area contributed by atoms with Gasteiger partial charge in [0.05, 0.1) is 0 Å². The number of halogens is 1. The Labute approximate surface area is 124 Å². The van der Waals surface area contributed by atoms with Crippen molar-refractivity contribution in [2.24, 2.45) is 0 Å². The largest absolute Gasteiger partial charge is 0.385 e. The first-order chi connectivity index (χ1) is 10.0. The van der Waals surface area contributed by atoms with Gasteiger partial charge in [0.15, 0.2) is 0 Å². The average molecular weight is 315 g/mol. The number of unbranched alkanes of at least 4 members (excludes halogenated alkanes) is 1. The Balaban J connectivity index is 2.74. The third-order valence-electron chi connectivity index (χ3n) is 2.60. The molecule has 0 unspecified atom stereocenters. The Morgan fingerprint density at radius 3 is 2.76 bits per heavy atom. The molecule has 0 radical (unpaired) electrons. The van der Waals surface area contributed by atoms with E-state index in [1.807, 2.05) is 0 Å². The van der Waals surface area contributed by atoms with E-state index in [2.05, 4.69) is 16.6 Å². The van der Waals surface area contributed by atoms with Crippen molar-refractivity contribution in [2.45, 2.75) is 17.7 Å². The number of methoxy groups -OCH3 is 1. The number of benzene rings is 1. The average Bonchev–Trinajstić information content (AvgIpc) is 2.44. The molecule has 0 fully saturated rings. The summed E-state index contributed by atoms with van der Waals surface area (Å²) >= 11 is 0. The van der Waals surface area contributed by atoms with Gasteiger partial charge in [-0.1, -0.05) is 11.8 Å². The Hall–Kier alpha value is -1.46. The van der Waals surface area contributed by atoms with Crippen molar-refractivity contribution in [1.29, 1.82) is 0 Å². The SMILES string of the molecule is COCCCCNS(=O)(=O)c1ccc(C#CCO)cc1F. The van der Waals surface area contributed by atoms with Gasteiger partial charge in [-0.3, -0.25) is 0 Å². The maximum Gasteiger partial charge on any atom is 0.243 e. The molecule has 0 saturated heterocycles. The predicted molar refractivity (Wildman–Crippen MR) is 76.7 cm³/mol. The molecule has 0 aliphatic rings. The highest BCUT2D eigenvalue weighted by Gasteiger charge is 2.18. The quantitative estimate of drug-likeness (QED) is 0.578. The monoisotopic (exact) mass is 315 g/mol. The molecule has 0 heterocycles. The van der Waals surface area contributed by atoms with Gasteiger partial charge in [0.1, 0.15) is 17.3 Å². The molecule has 1 rings (SSSR count). The van der Waals surface area contributed by atoms with Crippen LogP contribution in [0.2, 0.25) is 0 Å². The van der Waals surface area contributed by atoms with Crippen molar-refractivity contribution in [1.82, 2.24) is 4.72 Å². The number of hydrogen-bond donors (Lipinski definition) is 2. The minimum Gasteiger partial charge on any atom is -0.385 e. The maximum absolute atomic E-state index is 13.8. The Morgan fingerprint density at radius 1 is 1.38 bits per heavy atom. The lowest BCUT2D eigenvalue weighted by Gasteiger charge is -2.07. The van der Waals surface area contributed by atoms with E-state index in [0.717, 1.165) is 18.6 Å². The molecule has 0 bridgehead atoms. The van der Waals surface area contributed by atoms with Crippen molar-refractivity contribution < 1.29 is 22.7 Å². The molecule has 116 valence electrons. The zero-order valence-corrected chi connectivity index (χ0v) is 12.5. The summed E-state index contributed by atoms with van der Waals surface area (Å²) in [6.07, 6.45) is 1.33. The molecule has 0 spiro atoms. The van der Waals surface area contributed by atoms with Crippen molar-refractivity contribution in [3.63, 3.8) is 0 Å². The van der Waals surface area contributed by atoms with Crippen LogP contribution in [0, 0.1) is 17.7 Å². The van der Waals surface area contributed by atoms with Gasteiger partial charge in [-0.2, -0.15) is 0 Å². The molecule has 0 atom stereocenters. The first-order valence-corrected chi connectivity index (χ1v) is 7.87. The van der Waals surface area contributed by atoms with E-state index in [1.54, 1.807) is 7.11 Å². The molecule has 21 heavy (non-hydrogen) atoms. The van der Waals surface area contributed by atoms with Crippen molar-refractivity contribution in [3.8, 4) is 11.8 Å². The molecule has 0 saturated carbocycles. The highest BCUT2D eigenvalue weighted by molar-refractivity contribution is 7.89. The minimum absolute atomic E-state index is 0.219. The Morgan fingerprint density at radius 2 is 2.14 bits per heavy atom. The van der Waals surface area contributed by atoms with Gasteiger partial charge >= 0.3 is 0 Å². The van der Waals surface area contributed by atoms with E-state index < -0.39 is 20.7 Å². The number of aliphatic hydroxyl groups is 1. The lowest BCUT2D eigenvalue weighted by atomic mass is 10.2. The number of aliphatic hydroxyl groups excluding tert-OH is 1. The highest BCUT2D eigenvalue weighted by Crippen LogP contribution is 2.15. The van der Waals surface area contributed by atoms with Gasteiger partial charge in [-0.15, -0.1) is 0 Å². The lowest BCUT2D eigenvalue weighted by molar-refractivity contribution is 0.193. The zero-order chi connectivity index (χ0) is 15.7.